The van der Waals surface area contributed by atoms with Crippen LogP contribution < -0.4 is 9.47 Å². The van der Waals surface area contributed by atoms with Gasteiger partial charge in [0.05, 0.1) is 19.8 Å². The molecule has 0 aliphatic carbocycles. The first-order chi connectivity index (χ1) is 12.2. The van der Waals surface area contributed by atoms with Gasteiger partial charge in [0, 0.05) is 25.7 Å². The molecule has 132 valence electrons. The van der Waals surface area contributed by atoms with Crippen LogP contribution in [0.5, 0.6) is 11.5 Å². The highest BCUT2D eigenvalue weighted by atomic mass is 16.5. The van der Waals surface area contributed by atoms with E-state index in [1.807, 2.05) is 18.2 Å². The Morgan fingerprint density at radius 3 is 2.40 bits per heavy atom. The molecule has 1 heterocycles. The number of esters is 1. The van der Waals surface area contributed by atoms with Crippen LogP contribution in [0.3, 0.4) is 0 Å². The van der Waals surface area contributed by atoms with E-state index in [9.17, 15) is 4.79 Å². The SMILES string of the molecule is COc1cc(OC)cc(C(=O)O[C@@H]2CCN(Cc3ccccc3)C2)c1. The molecule has 1 saturated heterocycles. The molecule has 0 radical (unpaired) electrons. The number of ether oxygens (including phenoxy) is 3. The Hall–Kier alpha value is -2.53. The third-order valence-corrected chi connectivity index (χ3v) is 4.34. The molecule has 0 aromatic heterocycles. The van der Waals surface area contributed by atoms with Crippen molar-refractivity contribution < 1.29 is 19.0 Å². The van der Waals surface area contributed by atoms with Crippen LogP contribution in [0, 0.1) is 0 Å². The molecular formula is C20H23NO4. The van der Waals surface area contributed by atoms with Crippen molar-refractivity contribution in [2.45, 2.75) is 19.1 Å². The zero-order valence-electron chi connectivity index (χ0n) is 14.6. The molecule has 0 spiro atoms. The maximum absolute atomic E-state index is 12.5. The summed E-state index contributed by atoms with van der Waals surface area (Å²) >= 11 is 0. The van der Waals surface area contributed by atoms with E-state index in [-0.39, 0.29) is 12.1 Å². The zero-order chi connectivity index (χ0) is 17.6. The molecule has 1 aliphatic rings. The Balaban J connectivity index is 1.59. The van der Waals surface area contributed by atoms with E-state index >= 15 is 0 Å². The van der Waals surface area contributed by atoms with Crippen LogP contribution in [0.25, 0.3) is 0 Å². The number of hydrogen-bond donors (Lipinski definition) is 0. The fourth-order valence-electron chi connectivity index (χ4n) is 3.02. The zero-order valence-corrected chi connectivity index (χ0v) is 14.6. The highest BCUT2D eigenvalue weighted by molar-refractivity contribution is 5.90. The van der Waals surface area contributed by atoms with Gasteiger partial charge >= 0.3 is 5.97 Å². The standard InChI is InChI=1S/C20H23NO4/c1-23-18-10-16(11-19(12-18)24-2)20(22)25-17-8-9-21(14-17)13-15-6-4-3-5-7-15/h3-7,10-12,17H,8-9,13-14H2,1-2H3/t17-/m1/s1. The Morgan fingerprint density at radius 1 is 1.08 bits per heavy atom. The Morgan fingerprint density at radius 2 is 1.76 bits per heavy atom. The summed E-state index contributed by atoms with van der Waals surface area (Å²) in [4.78, 5) is 14.8. The number of benzene rings is 2. The number of carbonyl (C=O) groups is 1. The third kappa shape index (κ3) is 4.51. The molecule has 0 saturated carbocycles. The topological polar surface area (TPSA) is 48.0 Å². The summed E-state index contributed by atoms with van der Waals surface area (Å²) in [6.45, 7) is 2.55. The van der Waals surface area contributed by atoms with Crippen molar-refractivity contribution in [1.82, 2.24) is 4.90 Å². The van der Waals surface area contributed by atoms with Gasteiger partial charge in [-0.25, -0.2) is 4.79 Å². The first kappa shape index (κ1) is 17.3. The lowest BCUT2D eigenvalue weighted by atomic mass is 10.2. The van der Waals surface area contributed by atoms with E-state index in [2.05, 4.69) is 17.0 Å². The van der Waals surface area contributed by atoms with E-state index in [0.29, 0.717) is 17.1 Å². The van der Waals surface area contributed by atoms with Crippen molar-refractivity contribution in [3.63, 3.8) is 0 Å². The molecule has 0 N–H and O–H groups in total. The minimum atomic E-state index is -0.344. The van der Waals surface area contributed by atoms with Gasteiger partial charge in [0.25, 0.3) is 0 Å². The molecule has 5 nitrogen and oxygen atoms in total. The second-order valence-electron chi connectivity index (χ2n) is 6.14. The molecular weight excluding hydrogens is 318 g/mol. The van der Waals surface area contributed by atoms with Crippen molar-refractivity contribution in [3.05, 3.63) is 59.7 Å². The molecule has 1 atom stereocenters. The summed E-state index contributed by atoms with van der Waals surface area (Å²) in [5, 5.41) is 0. The van der Waals surface area contributed by atoms with Crippen molar-refractivity contribution in [3.8, 4) is 11.5 Å². The van der Waals surface area contributed by atoms with Gasteiger partial charge in [-0.15, -0.1) is 0 Å². The Kier molecular flexibility index (Phi) is 5.56. The molecule has 2 aromatic carbocycles. The number of rotatable bonds is 6. The van der Waals surface area contributed by atoms with Gasteiger partial charge < -0.3 is 14.2 Å². The molecule has 3 rings (SSSR count). The number of methoxy groups -OCH3 is 2. The maximum Gasteiger partial charge on any atom is 0.338 e. The third-order valence-electron chi connectivity index (χ3n) is 4.34. The van der Waals surface area contributed by atoms with Crippen LogP contribution in [-0.2, 0) is 11.3 Å². The second-order valence-corrected chi connectivity index (χ2v) is 6.14. The van der Waals surface area contributed by atoms with Gasteiger partial charge in [0.15, 0.2) is 0 Å². The maximum atomic E-state index is 12.5. The van der Waals surface area contributed by atoms with Crippen LogP contribution in [0.15, 0.2) is 48.5 Å². The Bertz CT molecular complexity index is 695. The van der Waals surface area contributed by atoms with Crippen LogP contribution >= 0.6 is 0 Å². The lowest BCUT2D eigenvalue weighted by Gasteiger charge is -2.16. The average molecular weight is 341 g/mol. The monoisotopic (exact) mass is 341 g/mol. The fraction of sp³-hybridized carbons (Fsp3) is 0.350. The molecule has 1 aliphatic heterocycles. The van der Waals surface area contributed by atoms with Gasteiger partial charge in [-0.2, -0.15) is 0 Å². The van der Waals surface area contributed by atoms with Crippen LogP contribution in [-0.4, -0.2) is 44.3 Å². The van der Waals surface area contributed by atoms with Gasteiger partial charge in [0.1, 0.15) is 17.6 Å². The molecule has 0 unspecified atom stereocenters. The predicted molar refractivity (Wildman–Crippen MR) is 95.1 cm³/mol. The minimum Gasteiger partial charge on any atom is -0.497 e. The van der Waals surface area contributed by atoms with Crippen molar-refractivity contribution in [1.29, 1.82) is 0 Å². The summed E-state index contributed by atoms with van der Waals surface area (Å²) in [5.41, 5.74) is 1.71. The van der Waals surface area contributed by atoms with Crippen LogP contribution in [0.1, 0.15) is 22.3 Å². The predicted octanol–water partition coefficient (Wildman–Crippen LogP) is 3.14. The normalized spacial score (nSPS) is 17.3. The quantitative estimate of drug-likeness (QED) is 0.756. The molecule has 25 heavy (non-hydrogen) atoms. The average Bonchev–Trinajstić information content (AvgIpc) is 3.08. The van der Waals surface area contributed by atoms with Crippen molar-refractivity contribution in [2.24, 2.45) is 0 Å². The summed E-state index contributed by atoms with van der Waals surface area (Å²) in [6.07, 6.45) is 0.757. The minimum absolute atomic E-state index is 0.0894. The molecule has 2 aromatic rings. The lowest BCUT2D eigenvalue weighted by Crippen LogP contribution is -2.24. The summed E-state index contributed by atoms with van der Waals surface area (Å²) < 4.78 is 16.1. The molecule has 5 heteroatoms. The van der Waals surface area contributed by atoms with Gasteiger partial charge in [-0.3, -0.25) is 4.90 Å². The largest absolute Gasteiger partial charge is 0.497 e. The van der Waals surface area contributed by atoms with Crippen molar-refractivity contribution >= 4 is 5.97 Å². The fourth-order valence-corrected chi connectivity index (χ4v) is 3.02. The molecule has 0 bridgehead atoms. The van der Waals surface area contributed by atoms with Gasteiger partial charge in [-0.05, 0) is 24.1 Å². The first-order valence-electron chi connectivity index (χ1n) is 8.38. The second kappa shape index (κ2) is 8.03. The van der Waals surface area contributed by atoms with Crippen LogP contribution in [0.4, 0.5) is 0 Å². The van der Waals surface area contributed by atoms with E-state index in [4.69, 9.17) is 14.2 Å². The van der Waals surface area contributed by atoms with Gasteiger partial charge in [-0.1, -0.05) is 30.3 Å². The molecule has 0 amide bonds. The number of likely N-dealkylation sites (tertiary alicyclic amines) is 1. The number of nitrogens with zero attached hydrogens (tertiary/aromatic N) is 1. The lowest BCUT2D eigenvalue weighted by molar-refractivity contribution is 0.0320. The van der Waals surface area contributed by atoms with E-state index in [1.54, 1.807) is 32.4 Å². The summed E-state index contributed by atoms with van der Waals surface area (Å²) in [7, 11) is 3.12. The summed E-state index contributed by atoms with van der Waals surface area (Å²) in [5.74, 6) is 0.801. The van der Waals surface area contributed by atoms with E-state index in [1.165, 1.54) is 5.56 Å². The number of carbonyl (C=O) groups excluding carboxylic acids is 1. The van der Waals surface area contributed by atoms with Crippen LogP contribution in [0.2, 0.25) is 0 Å². The smallest absolute Gasteiger partial charge is 0.338 e. The molecule has 1 fully saturated rings. The van der Waals surface area contributed by atoms with Gasteiger partial charge in [0.2, 0.25) is 0 Å². The number of hydrogen-bond acceptors (Lipinski definition) is 5. The van der Waals surface area contributed by atoms with Crippen molar-refractivity contribution in [2.75, 3.05) is 27.3 Å². The highest BCUT2D eigenvalue weighted by Gasteiger charge is 2.26. The highest BCUT2D eigenvalue weighted by Crippen LogP contribution is 2.24. The first-order valence-corrected chi connectivity index (χ1v) is 8.38. The van der Waals surface area contributed by atoms with E-state index in [0.717, 1.165) is 26.1 Å². The van der Waals surface area contributed by atoms with E-state index < -0.39 is 0 Å². The summed E-state index contributed by atoms with van der Waals surface area (Å²) in [6, 6.07) is 15.4. The Labute approximate surface area is 148 Å².